The van der Waals surface area contributed by atoms with Gasteiger partial charge in [-0.3, -0.25) is 0 Å². The van der Waals surface area contributed by atoms with Gasteiger partial charge in [-0.05, 0) is 45.8 Å². The van der Waals surface area contributed by atoms with Crippen LogP contribution in [0.5, 0.6) is 0 Å². The summed E-state index contributed by atoms with van der Waals surface area (Å²) in [6, 6.07) is 9.90. The Hall–Kier alpha value is -0.860. The van der Waals surface area contributed by atoms with Crippen molar-refractivity contribution < 1.29 is 0 Å². The van der Waals surface area contributed by atoms with Crippen LogP contribution in [-0.4, -0.2) is 31.1 Å². The van der Waals surface area contributed by atoms with Crippen molar-refractivity contribution in [3.05, 3.63) is 35.4 Å². The third-order valence-corrected chi connectivity index (χ3v) is 3.65. The monoisotopic (exact) mass is 232 g/mol. The molecule has 0 aromatic heterocycles. The number of likely N-dealkylation sites (N-methyl/N-ethyl adjacent to an activating group) is 1. The van der Waals surface area contributed by atoms with E-state index in [0.29, 0.717) is 12.1 Å². The molecule has 2 heteroatoms. The van der Waals surface area contributed by atoms with Crippen LogP contribution in [0.2, 0.25) is 0 Å². The summed E-state index contributed by atoms with van der Waals surface area (Å²) in [5.74, 6) is 0. The first-order chi connectivity index (χ1) is 8.15. The molecule has 2 nitrogen and oxygen atoms in total. The predicted molar refractivity (Wildman–Crippen MR) is 73.2 cm³/mol. The van der Waals surface area contributed by atoms with E-state index in [1.807, 2.05) is 0 Å². The maximum absolute atomic E-state index is 3.75. The summed E-state index contributed by atoms with van der Waals surface area (Å²) >= 11 is 0. The Balaban J connectivity index is 1.94. The van der Waals surface area contributed by atoms with Crippen LogP contribution < -0.4 is 5.32 Å². The van der Waals surface area contributed by atoms with Crippen molar-refractivity contribution in [2.45, 2.75) is 38.8 Å². The molecule has 0 amide bonds. The molecule has 0 radical (unpaired) electrons. The van der Waals surface area contributed by atoms with E-state index >= 15 is 0 Å². The van der Waals surface area contributed by atoms with Crippen LogP contribution in [0.25, 0.3) is 0 Å². The first kappa shape index (κ1) is 12.6. The van der Waals surface area contributed by atoms with Crippen LogP contribution in [0.4, 0.5) is 0 Å². The second kappa shape index (κ2) is 5.65. The average molecular weight is 232 g/mol. The molecule has 1 heterocycles. The fourth-order valence-electron chi connectivity index (χ4n) is 2.69. The minimum absolute atomic E-state index is 0.450. The van der Waals surface area contributed by atoms with Crippen LogP contribution in [0.1, 0.15) is 36.9 Å². The summed E-state index contributed by atoms with van der Waals surface area (Å²) in [5, 5.41) is 3.75. The SMILES string of the molecule is Cc1cccc(C(C)NC2CCCN(C)C2)c1. The molecule has 94 valence electrons. The molecule has 17 heavy (non-hydrogen) atoms. The van der Waals surface area contributed by atoms with E-state index in [1.54, 1.807) is 0 Å². The molecular formula is C15H24N2. The molecule has 0 bridgehead atoms. The largest absolute Gasteiger partial charge is 0.306 e. The molecule has 0 aliphatic carbocycles. The maximum atomic E-state index is 3.75. The Morgan fingerprint density at radius 2 is 2.24 bits per heavy atom. The van der Waals surface area contributed by atoms with Crippen LogP contribution in [0, 0.1) is 6.92 Å². The number of hydrogen-bond acceptors (Lipinski definition) is 2. The third-order valence-electron chi connectivity index (χ3n) is 3.65. The van der Waals surface area contributed by atoms with E-state index in [4.69, 9.17) is 0 Å². The topological polar surface area (TPSA) is 15.3 Å². The Labute approximate surface area is 105 Å². The summed E-state index contributed by atoms with van der Waals surface area (Å²) in [4.78, 5) is 2.42. The lowest BCUT2D eigenvalue weighted by Crippen LogP contribution is -2.44. The summed E-state index contributed by atoms with van der Waals surface area (Å²) in [6.07, 6.45) is 2.62. The summed E-state index contributed by atoms with van der Waals surface area (Å²) in [5.41, 5.74) is 2.75. The number of likely N-dealkylation sites (tertiary alicyclic amines) is 1. The van der Waals surface area contributed by atoms with Crippen LogP contribution in [0.15, 0.2) is 24.3 Å². The minimum Gasteiger partial charge on any atom is -0.306 e. The van der Waals surface area contributed by atoms with Crippen LogP contribution in [0.3, 0.4) is 0 Å². The van der Waals surface area contributed by atoms with Gasteiger partial charge in [0.2, 0.25) is 0 Å². The summed E-state index contributed by atoms with van der Waals surface area (Å²) in [6.45, 7) is 6.85. The average Bonchev–Trinajstić information content (AvgIpc) is 2.29. The Kier molecular flexibility index (Phi) is 4.19. The highest BCUT2D eigenvalue weighted by molar-refractivity contribution is 5.24. The highest BCUT2D eigenvalue weighted by atomic mass is 15.1. The number of nitrogens with one attached hydrogen (secondary N) is 1. The number of benzene rings is 1. The van der Waals surface area contributed by atoms with Crippen molar-refractivity contribution in [3.8, 4) is 0 Å². The lowest BCUT2D eigenvalue weighted by Gasteiger charge is -2.32. The fraction of sp³-hybridized carbons (Fsp3) is 0.600. The standard InChI is InChI=1S/C15H24N2/c1-12-6-4-7-14(10-12)13(2)16-15-8-5-9-17(3)11-15/h4,6-7,10,13,15-16H,5,8-9,11H2,1-3H3. The lowest BCUT2D eigenvalue weighted by atomic mass is 10.0. The molecule has 0 spiro atoms. The van der Waals surface area contributed by atoms with Crippen molar-refractivity contribution in [3.63, 3.8) is 0 Å². The quantitative estimate of drug-likeness (QED) is 0.862. The summed E-state index contributed by atoms with van der Waals surface area (Å²) < 4.78 is 0. The van der Waals surface area contributed by atoms with Gasteiger partial charge in [-0.25, -0.2) is 0 Å². The molecule has 0 saturated carbocycles. The Morgan fingerprint density at radius 3 is 2.94 bits per heavy atom. The number of nitrogens with zero attached hydrogens (tertiary/aromatic N) is 1. The van der Waals surface area contributed by atoms with E-state index in [0.717, 1.165) is 0 Å². The zero-order valence-corrected chi connectivity index (χ0v) is 11.2. The molecule has 1 aromatic rings. The Bertz CT molecular complexity index is 362. The maximum Gasteiger partial charge on any atom is 0.0294 e. The van der Waals surface area contributed by atoms with Crippen LogP contribution >= 0.6 is 0 Å². The molecule has 1 aromatic carbocycles. The van der Waals surface area contributed by atoms with Crippen molar-refractivity contribution in [1.82, 2.24) is 10.2 Å². The molecule has 1 aliphatic heterocycles. The number of aryl methyl sites for hydroxylation is 1. The van der Waals surface area contributed by atoms with Crippen molar-refractivity contribution in [2.24, 2.45) is 0 Å². The third kappa shape index (κ3) is 3.55. The lowest BCUT2D eigenvalue weighted by molar-refractivity contribution is 0.218. The van der Waals surface area contributed by atoms with Crippen molar-refractivity contribution in [2.75, 3.05) is 20.1 Å². The van der Waals surface area contributed by atoms with Gasteiger partial charge in [0, 0.05) is 18.6 Å². The molecule has 1 fully saturated rings. The zero-order valence-electron chi connectivity index (χ0n) is 11.2. The van der Waals surface area contributed by atoms with Crippen LogP contribution in [-0.2, 0) is 0 Å². The molecule has 2 atom stereocenters. The molecule has 2 rings (SSSR count). The van der Waals surface area contributed by atoms with Gasteiger partial charge in [0.05, 0.1) is 0 Å². The van der Waals surface area contributed by atoms with E-state index in [9.17, 15) is 0 Å². The van der Waals surface area contributed by atoms with Gasteiger partial charge in [0.15, 0.2) is 0 Å². The normalized spacial score (nSPS) is 23.6. The minimum atomic E-state index is 0.450. The second-order valence-corrected chi connectivity index (χ2v) is 5.40. The van der Waals surface area contributed by atoms with Gasteiger partial charge in [-0.1, -0.05) is 29.8 Å². The van der Waals surface area contributed by atoms with Gasteiger partial charge in [0.25, 0.3) is 0 Å². The first-order valence-corrected chi connectivity index (χ1v) is 6.66. The first-order valence-electron chi connectivity index (χ1n) is 6.66. The van der Waals surface area contributed by atoms with Gasteiger partial charge < -0.3 is 10.2 Å². The van der Waals surface area contributed by atoms with Gasteiger partial charge in [-0.2, -0.15) is 0 Å². The molecule has 1 saturated heterocycles. The van der Waals surface area contributed by atoms with Gasteiger partial charge >= 0.3 is 0 Å². The molecule has 2 unspecified atom stereocenters. The second-order valence-electron chi connectivity index (χ2n) is 5.40. The smallest absolute Gasteiger partial charge is 0.0294 e. The van der Waals surface area contributed by atoms with Gasteiger partial charge in [0.1, 0.15) is 0 Å². The predicted octanol–water partition coefficient (Wildman–Crippen LogP) is 2.74. The highest BCUT2D eigenvalue weighted by Gasteiger charge is 2.18. The van der Waals surface area contributed by atoms with Crippen molar-refractivity contribution in [1.29, 1.82) is 0 Å². The fourth-order valence-corrected chi connectivity index (χ4v) is 2.69. The van der Waals surface area contributed by atoms with E-state index in [-0.39, 0.29) is 0 Å². The van der Waals surface area contributed by atoms with Crippen molar-refractivity contribution >= 4 is 0 Å². The van der Waals surface area contributed by atoms with Gasteiger partial charge in [-0.15, -0.1) is 0 Å². The van der Waals surface area contributed by atoms with E-state index < -0.39 is 0 Å². The molecule has 1 aliphatic rings. The number of rotatable bonds is 3. The highest BCUT2D eigenvalue weighted by Crippen LogP contribution is 2.17. The zero-order chi connectivity index (χ0) is 12.3. The van der Waals surface area contributed by atoms with E-state index in [2.05, 4.69) is 55.4 Å². The number of piperidine rings is 1. The Morgan fingerprint density at radius 1 is 1.41 bits per heavy atom. The van der Waals surface area contributed by atoms with E-state index in [1.165, 1.54) is 37.1 Å². The molecule has 1 N–H and O–H groups in total. The summed E-state index contributed by atoms with van der Waals surface area (Å²) in [7, 11) is 2.21. The number of hydrogen-bond donors (Lipinski definition) is 1. The molecular weight excluding hydrogens is 208 g/mol.